The van der Waals surface area contributed by atoms with Crippen LogP contribution in [0.15, 0.2) is 17.6 Å². The van der Waals surface area contributed by atoms with Crippen molar-refractivity contribution in [1.82, 2.24) is 14.3 Å². The monoisotopic (exact) mass is 251 g/mol. The van der Waals surface area contributed by atoms with Crippen molar-refractivity contribution in [2.45, 2.75) is 18.4 Å². The van der Waals surface area contributed by atoms with Crippen molar-refractivity contribution in [2.24, 2.45) is 0 Å². The molecule has 0 bridgehead atoms. The number of nitrogens with zero attached hydrogens (tertiary/aromatic N) is 2. The van der Waals surface area contributed by atoms with Crippen LogP contribution in [0.4, 0.5) is 0 Å². The first-order chi connectivity index (χ1) is 7.12. The molecule has 0 fully saturated rings. The van der Waals surface area contributed by atoms with Crippen molar-refractivity contribution in [3.63, 3.8) is 0 Å². The van der Waals surface area contributed by atoms with Gasteiger partial charge in [-0.15, -0.1) is 11.6 Å². The van der Waals surface area contributed by atoms with Gasteiger partial charge in [0, 0.05) is 19.0 Å². The van der Waals surface area contributed by atoms with Crippen LogP contribution in [0.2, 0.25) is 0 Å². The van der Waals surface area contributed by atoms with E-state index < -0.39 is 10.0 Å². The van der Waals surface area contributed by atoms with E-state index >= 15 is 0 Å². The molecule has 15 heavy (non-hydrogen) atoms. The number of aromatic amines is 1. The second-order valence-electron chi connectivity index (χ2n) is 3.01. The molecular formula is C8H14ClN3O2S. The molecular weight excluding hydrogens is 238 g/mol. The Labute approximate surface area is 94.5 Å². The summed E-state index contributed by atoms with van der Waals surface area (Å²) in [7, 11) is -3.45. The minimum Gasteiger partial charge on any atom is -0.335 e. The molecule has 86 valence electrons. The molecule has 0 atom stereocenters. The molecule has 1 rings (SSSR count). The van der Waals surface area contributed by atoms with Crippen molar-refractivity contribution in [3.05, 3.63) is 12.5 Å². The predicted molar refractivity (Wildman–Crippen MR) is 58.4 cm³/mol. The van der Waals surface area contributed by atoms with Crippen molar-refractivity contribution < 1.29 is 8.42 Å². The fourth-order valence-electron chi connectivity index (χ4n) is 1.22. The number of alkyl halides is 1. The second kappa shape index (κ2) is 5.48. The standard InChI is InChI=1S/C8H14ClN3O2S/c1-2-4-12(5-3-9)15(13,14)8-6-10-7-11-8/h6-7H,2-5H2,1H3,(H,10,11). The molecule has 1 aromatic rings. The first-order valence-electron chi connectivity index (χ1n) is 4.67. The Morgan fingerprint density at radius 1 is 1.53 bits per heavy atom. The molecule has 0 spiro atoms. The van der Waals surface area contributed by atoms with E-state index in [1.54, 1.807) is 0 Å². The normalized spacial score (nSPS) is 12.2. The van der Waals surface area contributed by atoms with Crippen molar-refractivity contribution in [2.75, 3.05) is 19.0 Å². The first kappa shape index (κ1) is 12.5. The number of sulfonamides is 1. The van der Waals surface area contributed by atoms with Crippen molar-refractivity contribution in [3.8, 4) is 0 Å². The van der Waals surface area contributed by atoms with Gasteiger partial charge in [0.25, 0.3) is 10.0 Å². The molecule has 1 N–H and O–H groups in total. The van der Waals surface area contributed by atoms with E-state index in [1.165, 1.54) is 16.8 Å². The lowest BCUT2D eigenvalue weighted by molar-refractivity contribution is 0.427. The highest BCUT2D eigenvalue weighted by molar-refractivity contribution is 7.89. The van der Waals surface area contributed by atoms with E-state index in [0.717, 1.165) is 6.42 Å². The average molecular weight is 252 g/mol. The molecule has 7 heteroatoms. The Hall–Kier alpha value is -0.590. The van der Waals surface area contributed by atoms with Crippen molar-refractivity contribution in [1.29, 1.82) is 0 Å². The summed E-state index contributed by atoms with van der Waals surface area (Å²) in [6, 6.07) is 0. The lowest BCUT2D eigenvalue weighted by Crippen LogP contribution is -2.33. The van der Waals surface area contributed by atoms with Gasteiger partial charge >= 0.3 is 0 Å². The Morgan fingerprint density at radius 3 is 2.73 bits per heavy atom. The second-order valence-corrected chi connectivity index (χ2v) is 5.29. The lowest BCUT2D eigenvalue weighted by atomic mass is 10.5. The third kappa shape index (κ3) is 2.93. The van der Waals surface area contributed by atoms with Gasteiger partial charge in [-0.05, 0) is 6.42 Å². The number of rotatable bonds is 6. The van der Waals surface area contributed by atoms with Gasteiger partial charge < -0.3 is 4.98 Å². The molecule has 0 saturated heterocycles. The summed E-state index contributed by atoms with van der Waals surface area (Å²) in [5.41, 5.74) is 0. The van der Waals surface area contributed by atoms with Gasteiger partial charge in [0.1, 0.15) is 0 Å². The lowest BCUT2D eigenvalue weighted by Gasteiger charge is -2.19. The van der Waals surface area contributed by atoms with Gasteiger partial charge in [0.15, 0.2) is 5.03 Å². The number of aromatic nitrogens is 2. The maximum absolute atomic E-state index is 12.0. The van der Waals surface area contributed by atoms with E-state index in [2.05, 4.69) is 9.97 Å². The zero-order valence-corrected chi connectivity index (χ0v) is 10.1. The topological polar surface area (TPSA) is 66.1 Å². The van der Waals surface area contributed by atoms with Crippen LogP contribution >= 0.6 is 11.6 Å². The largest absolute Gasteiger partial charge is 0.335 e. The van der Waals surface area contributed by atoms with Gasteiger partial charge in [0.2, 0.25) is 0 Å². The Morgan fingerprint density at radius 2 is 2.27 bits per heavy atom. The quantitative estimate of drug-likeness (QED) is 0.769. The van der Waals surface area contributed by atoms with E-state index in [-0.39, 0.29) is 10.9 Å². The van der Waals surface area contributed by atoms with Crippen LogP contribution < -0.4 is 0 Å². The summed E-state index contributed by atoms with van der Waals surface area (Å²) in [6.45, 7) is 2.70. The third-order valence-electron chi connectivity index (χ3n) is 1.90. The summed E-state index contributed by atoms with van der Waals surface area (Å²) in [4.78, 5) is 6.29. The van der Waals surface area contributed by atoms with Crippen LogP contribution in [0.1, 0.15) is 13.3 Å². The fraction of sp³-hybridized carbons (Fsp3) is 0.625. The Balaban J connectivity index is 2.91. The van der Waals surface area contributed by atoms with Crippen LogP contribution in [0, 0.1) is 0 Å². The number of hydrogen-bond donors (Lipinski definition) is 1. The van der Waals surface area contributed by atoms with E-state index in [4.69, 9.17) is 11.6 Å². The highest BCUT2D eigenvalue weighted by atomic mass is 35.5. The van der Waals surface area contributed by atoms with Crippen LogP contribution in [0.25, 0.3) is 0 Å². The molecule has 0 aromatic carbocycles. The number of H-pyrrole nitrogens is 1. The average Bonchev–Trinajstić information content (AvgIpc) is 2.70. The number of halogens is 1. The van der Waals surface area contributed by atoms with Gasteiger partial charge in [-0.1, -0.05) is 6.92 Å². The molecule has 5 nitrogen and oxygen atoms in total. The number of nitrogens with one attached hydrogen (secondary N) is 1. The molecule has 0 aliphatic carbocycles. The minimum absolute atomic E-state index is 0.112. The molecule has 0 radical (unpaired) electrons. The van der Waals surface area contributed by atoms with Crippen LogP contribution in [0.5, 0.6) is 0 Å². The first-order valence-corrected chi connectivity index (χ1v) is 6.65. The maximum atomic E-state index is 12.0. The molecule has 1 heterocycles. The van der Waals surface area contributed by atoms with Crippen LogP contribution in [-0.4, -0.2) is 41.7 Å². The van der Waals surface area contributed by atoms with Gasteiger partial charge in [-0.25, -0.2) is 13.4 Å². The Bertz CT molecular complexity index is 371. The molecule has 0 unspecified atom stereocenters. The molecule has 0 aliphatic heterocycles. The third-order valence-corrected chi connectivity index (χ3v) is 3.89. The molecule has 0 aliphatic rings. The molecule has 0 saturated carbocycles. The smallest absolute Gasteiger partial charge is 0.260 e. The zero-order valence-electron chi connectivity index (χ0n) is 8.48. The highest BCUT2D eigenvalue weighted by Crippen LogP contribution is 2.12. The van der Waals surface area contributed by atoms with Gasteiger partial charge in [-0.3, -0.25) is 0 Å². The highest BCUT2D eigenvalue weighted by Gasteiger charge is 2.24. The van der Waals surface area contributed by atoms with E-state index in [0.29, 0.717) is 13.1 Å². The molecule has 1 aromatic heterocycles. The van der Waals surface area contributed by atoms with E-state index in [9.17, 15) is 8.42 Å². The van der Waals surface area contributed by atoms with Crippen LogP contribution in [-0.2, 0) is 10.0 Å². The van der Waals surface area contributed by atoms with Gasteiger partial charge in [-0.2, -0.15) is 4.31 Å². The van der Waals surface area contributed by atoms with Gasteiger partial charge in [0.05, 0.1) is 12.5 Å². The number of imidazole rings is 1. The maximum Gasteiger partial charge on any atom is 0.260 e. The summed E-state index contributed by atoms with van der Waals surface area (Å²) < 4.78 is 25.3. The zero-order chi connectivity index (χ0) is 11.3. The summed E-state index contributed by atoms with van der Waals surface area (Å²) in [6.07, 6.45) is 3.40. The Kier molecular flexibility index (Phi) is 4.56. The van der Waals surface area contributed by atoms with Crippen LogP contribution in [0.3, 0.4) is 0 Å². The van der Waals surface area contributed by atoms with Crippen molar-refractivity contribution >= 4 is 21.6 Å². The fourth-order valence-corrected chi connectivity index (χ4v) is 2.95. The summed E-state index contributed by atoms with van der Waals surface area (Å²) in [5, 5.41) is 0.112. The number of hydrogen-bond acceptors (Lipinski definition) is 3. The predicted octanol–water partition coefficient (Wildman–Crippen LogP) is 1.05. The summed E-state index contributed by atoms with van der Waals surface area (Å²) in [5.74, 6) is 0.285. The summed E-state index contributed by atoms with van der Waals surface area (Å²) >= 11 is 5.57. The molecule has 0 amide bonds. The van der Waals surface area contributed by atoms with E-state index in [1.807, 2.05) is 6.92 Å². The minimum atomic E-state index is -3.45. The SMILES string of the molecule is CCCN(CCCl)S(=O)(=O)c1cnc[nH]1.